The maximum absolute atomic E-state index is 6.56. The lowest BCUT2D eigenvalue weighted by atomic mass is 10.2. The first-order valence-corrected chi connectivity index (χ1v) is 12.2. The fourth-order valence-corrected chi connectivity index (χ4v) is 4.66. The molecule has 8 heteroatoms. The molecular weight excluding hydrogens is 527 g/mol. The molecule has 0 atom stereocenters. The van der Waals surface area contributed by atoms with Gasteiger partial charge in [0.05, 0.1) is 35.5 Å². The molecule has 0 unspecified atom stereocenters. The Kier molecular flexibility index (Phi) is 8.25. The van der Waals surface area contributed by atoms with Crippen molar-refractivity contribution in [2.75, 3.05) is 43.6 Å². The molecular formula is C25H25BrCl2N2O3. The highest BCUT2D eigenvalue weighted by Crippen LogP contribution is 2.37. The Hall–Kier alpha value is -2.12. The van der Waals surface area contributed by atoms with Crippen LogP contribution in [0.2, 0.25) is 10.0 Å². The van der Waals surface area contributed by atoms with Gasteiger partial charge in [0.15, 0.2) is 11.5 Å². The van der Waals surface area contributed by atoms with Gasteiger partial charge in [-0.2, -0.15) is 0 Å². The van der Waals surface area contributed by atoms with Crippen molar-refractivity contribution in [2.24, 2.45) is 0 Å². The van der Waals surface area contributed by atoms with E-state index in [9.17, 15) is 0 Å². The van der Waals surface area contributed by atoms with Crippen molar-refractivity contribution in [3.8, 4) is 11.5 Å². The van der Waals surface area contributed by atoms with Crippen LogP contribution in [0.4, 0.5) is 11.4 Å². The topological polar surface area (TPSA) is 43.0 Å². The average Bonchev–Trinajstić information content (AvgIpc) is 2.83. The number of anilines is 2. The van der Waals surface area contributed by atoms with E-state index in [4.69, 9.17) is 37.4 Å². The highest BCUT2D eigenvalue weighted by Gasteiger charge is 2.15. The van der Waals surface area contributed by atoms with Crippen LogP contribution in [0.3, 0.4) is 0 Å². The van der Waals surface area contributed by atoms with Gasteiger partial charge in [0.1, 0.15) is 6.61 Å². The van der Waals surface area contributed by atoms with Crippen LogP contribution in [0.1, 0.15) is 11.1 Å². The van der Waals surface area contributed by atoms with E-state index in [1.54, 1.807) is 7.11 Å². The van der Waals surface area contributed by atoms with Crippen LogP contribution in [0.25, 0.3) is 0 Å². The third-order valence-electron chi connectivity index (χ3n) is 5.38. The van der Waals surface area contributed by atoms with Crippen LogP contribution in [-0.4, -0.2) is 33.4 Å². The molecule has 1 aliphatic rings. The summed E-state index contributed by atoms with van der Waals surface area (Å²) in [7, 11) is 1.64. The van der Waals surface area contributed by atoms with Gasteiger partial charge in [-0.05, 0) is 69.5 Å². The maximum Gasteiger partial charge on any atom is 0.175 e. The summed E-state index contributed by atoms with van der Waals surface area (Å²) >= 11 is 16.1. The van der Waals surface area contributed by atoms with Gasteiger partial charge in [0.25, 0.3) is 0 Å². The van der Waals surface area contributed by atoms with Crippen LogP contribution in [0.5, 0.6) is 11.5 Å². The molecule has 0 radical (unpaired) electrons. The predicted octanol–water partition coefficient (Wildman–Crippen LogP) is 6.79. The van der Waals surface area contributed by atoms with Crippen molar-refractivity contribution in [3.63, 3.8) is 0 Å². The zero-order valence-corrected chi connectivity index (χ0v) is 21.3. The predicted molar refractivity (Wildman–Crippen MR) is 138 cm³/mol. The lowest BCUT2D eigenvalue weighted by Crippen LogP contribution is -2.36. The molecule has 1 saturated heterocycles. The molecule has 3 aromatic carbocycles. The van der Waals surface area contributed by atoms with Crippen LogP contribution in [0, 0.1) is 0 Å². The summed E-state index contributed by atoms with van der Waals surface area (Å²) in [6.45, 7) is 4.19. The van der Waals surface area contributed by atoms with E-state index < -0.39 is 0 Å². The standard InChI is InChI=1S/C25H25BrCl2N2O3/c1-31-24-13-18(12-21(26)25(24)33-16-17-2-4-19(27)5-3-17)15-29-20-6-7-23(22(28)14-20)30-8-10-32-11-9-30/h2-7,12-14,29H,8-11,15-16H2,1H3. The monoisotopic (exact) mass is 550 g/mol. The number of hydrogen-bond donors (Lipinski definition) is 1. The molecule has 33 heavy (non-hydrogen) atoms. The Morgan fingerprint density at radius 1 is 1.00 bits per heavy atom. The molecule has 0 saturated carbocycles. The van der Waals surface area contributed by atoms with Gasteiger partial charge < -0.3 is 24.4 Å². The van der Waals surface area contributed by atoms with Crippen molar-refractivity contribution in [1.29, 1.82) is 0 Å². The highest BCUT2D eigenvalue weighted by molar-refractivity contribution is 9.10. The van der Waals surface area contributed by atoms with Crippen molar-refractivity contribution >= 4 is 50.5 Å². The molecule has 0 aliphatic carbocycles. The number of morpholine rings is 1. The number of hydrogen-bond acceptors (Lipinski definition) is 5. The minimum atomic E-state index is 0.414. The maximum atomic E-state index is 6.56. The van der Waals surface area contributed by atoms with E-state index in [0.717, 1.165) is 58.3 Å². The summed E-state index contributed by atoms with van der Waals surface area (Å²) in [6, 6.07) is 17.6. The Morgan fingerprint density at radius 3 is 2.45 bits per heavy atom. The first-order valence-electron chi connectivity index (χ1n) is 10.6. The van der Waals surface area contributed by atoms with E-state index in [0.29, 0.717) is 29.7 Å². The second kappa shape index (κ2) is 11.3. The van der Waals surface area contributed by atoms with Gasteiger partial charge >= 0.3 is 0 Å². The van der Waals surface area contributed by atoms with Crippen LogP contribution in [-0.2, 0) is 17.9 Å². The van der Waals surface area contributed by atoms with Crippen LogP contribution in [0.15, 0.2) is 59.1 Å². The van der Waals surface area contributed by atoms with Gasteiger partial charge in [-0.25, -0.2) is 0 Å². The van der Waals surface area contributed by atoms with E-state index in [-0.39, 0.29) is 0 Å². The van der Waals surface area contributed by atoms with E-state index in [1.165, 1.54) is 0 Å². The molecule has 1 N–H and O–H groups in total. The molecule has 5 nitrogen and oxygen atoms in total. The first kappa shape index (κ1) is 24.0. The minimum Gasteiger partial charge on any atom is -0.493 e. The van der Waals surface area contributed by atoms with Gasteiger partial charge in [-0.1, -0.05) is 35.3 Å². The summed E-state index contributed by atoms with van der Waals surface area (Å²) in [6.07, 6.45) is 0. The Morgan fingerprint density at radius 2 is 1.76 bits per heavy atom. The summed E-state index contributed by atoms with van der Waals surface area (Å²) in [5.41, 5.74) is 4.06. The zero-order valence-electron chi connectivity index (χ0n) is 18.2. The van der Waals surface area contributed by atoms with Gasteiger partial charge in [0, 0.05) is 30.3 Å². The molecule has 4 rings (SSSR count). The zero-order chi connectivity index (χ0) is 23.2. The molecule has 0 spiro atoms. The van der Waals surface area contributed by atoms with Gasteiger partial charge in [-0.15, -0.1) is 0 Å². The van der Waals surface area contributed by atoms with Crippen molar-refractivity contribution in [3.05, 3.63) is 80.2 Å². The Balaban J connectivity index is 1.41. The third-order valence-corrected chi connectivity index (χ3v) is 6.53. The number of rotatable bonds is 8. The molecule has 3 aromatic rings. The second-order valence-corrected chi connectivity index (χ2v) is 9.34. The number of benzene rings is 3. The quantitative estimate of drug-likeness (QED) is 0.334. The summed E-state index contributed by atoms with van der Waals surface area (Å²) in [5.74, 6) is 1.32. The summed E-state index contributed by atoms with van der Waals surface area (Å²) < 4.78 is 17.9. The number of methoxy groups -OCH3 is 1. The molecule has 0 bridgehead atoms. The Labute approximate surface area is 212 Å². The lowest BCUT2D eigenvalue weighted by molar-refractivity contribution is 0.122. The first-order chi connectivity index (χ1) is 16.0. The van der Waals surface area contributed by atoms with E-state index in [1.807, 2.05) is 48.5 Å². The smallest absolute Gasteiger partial charge is 0.175 e. The number of nitrogens with zero attached hydrogens (tertiary/aromatic N) is 1. The number of halogens is 3. The molecule has 1 heterocycles. The summed E-state index contributed by atoms with van der Waals surface area (Å²) in [4.78, 5) is 2.25. The fourth-order valence-electron chi connectivity index (χ4n) is 3.63. The van der Waals surface area contributed by atoms with Crippen LogP contribution < -0.4 is 19.7 Å². The lowest BCUT2D eigenvalue weighted by Gasteiger charge is -2.29. The van der Waals surface area contributed by atoms with E-state index >= 15 is 0 Å². The average molecular weight is 552 g/mol. The molecule has 0 aromatic heterocycles. The number of ether oxygens (including phenoxy) is 3. The SMILES string of the molecule is COc1cc(CNc2ccc(N3CCOCC3)c(Cl)c2)cc(Br)c1OCc1ccc(Cl)cc1. The van der Waals surface area contributed by atoms with Crippen molar-refractivity contribution in [1.82, 2.24) is 0 Å². The fraction of sp³-hybridized carbons (Fsp3) is 0.280. The minimum absolute atomic E-state index is 0.414. The third kappa shape index (κ3) is 6.27. The van der Waals surface area contributed by atoms with E-state index in [2.05, 4.69) is 32.2 Å². The van der Waals surface area contributed by atoms with Gasteiger partial charge in [0.2, 0.25) is 0 Å². The van der Waals surface area contributed by atoms with Gasteiger partial charge in [-0.3, -0.25) is 0 Å². The second-order valence-electron chi connectivity index (χ2n) is 7.64. The molecule has 0 amide bonds. The molecule has 1 aliphatic heterocycles. The molecule has 1 fully saturated rings. The highest BCUT2D eigenvalue weighted by atomic mass is 79.9. The normalized spacial score (nSPS) is 13.6. The Bertz CT molecular complexity index is 1090. The van der Waals surface area contributed by atoms with Crippen LogP contribution >= 0.6 is 39.1 Å². The molecule has 174 valence electrons. The number of nitrogens with one attached hydrogen (secondary N) is 1. The largest absolute Gasteiger partial charge is 0.493 e. The summed E-state index contributed by atoms with van der Waals surface area (Å²) in [5, 5.41) is 4.86. The van der Waals surface area contributed by atoms with Crippen molar-refractivity contribution in [2.45, 2.75) is 13.2 Å². The van der Waals surface area contributed by atoms with Crippen molar-refractivity contribution < 1.29 is 14.2 Å².